The number of nitrogens with zero attached hydrogens (tertiary/aromatic N) is 2. The topological polar surface area (TPSA) is 43.4 Å². The van der Waals surface area contributed by atoms with E-state index < -0.39 is 0 Å². The number of hydrogen-bond donors (Lipinski definition) is 2. The van der Waals surface area contributed by atoms with Crippen LogP contribution in [0.3, 0.4) is 0 Å². The number of nitrogens with one attached hydrogen (secondary N) is 2. The second kappa shape index (κ2) is 7.07. The van der Waals surface area contributed by atoms with Crippen LogP contribution in [0.15, 0.2) is 29.4 Å². The fourth-order valence-electron chi connectivity index (χ4n) is 3.59. The first-order valence-corrected chi connectivity index (χ1v) is 8.70. The molecule has 1 fully saturated rings. The Hall–Kier alpha value is -1.97. The van der Waals surface area contributed by atoms with Gasteiger partial charge < -0.3 is 15.2 Å². The molecule has 23 heavy (non-hydrogen) atoms. The lowest BCUT2D eigenvalue weighted by molar-refractivity contribution is 0.266. The number of fused-ring (bicyclic) bond motifs is 1. The van der Waals surface area contributed by atoms with E-state index in [-0.39, 0.29) is 0 Å². The van der Waals surface area contributed by atoms with Crippen molar-refractivity contribution in [2.24, 2.45) is 10.9 Å². The van der Waals surface area contributed by atoms with E-state index in [2.05, 4.69) is 58.4 Å². The summed E-state index contributed by atoms with van der Waals surface area (Å²) in [5.74, 6) is 1.81. The molecule has 2 N–H and O–H groups in total. The smallest absolute Gasteiger partial charge is 0.193 e. The highest BCUT2D eigenvalue weighted by molar-refractivity contribution is 5.86. The van der Waals surface area contributed by atoms with E-state index >= 15 is 0 Å². The van der Waals surface area contributed by atoms with E-state index in [0.29, 0.717) is 0 Å². The maximum atomic E-state index is 4.47. The van der Waals surface area contributed by atoms with Crippen molar-refractivity contribution in [2.45, 2.75) is 33.1 Å². The molecule has 4 nitrogen and oxygen atoms in total. The van der Waals surface area contributed by atoms with Crippen LogP contribution in [0.4, 0.5) is 0 Å². The van der Waals surface area contributed by atoms with Gasteiger partial charge in [-0.3, -0.25) is 4.99 Å². The molecule has 124 valence electrons. The molecule has 3 rings (SSSR count). The average molecular weight is 312 g/mol. The highest BCUT2D eigenvalue weighted by Crippen LogP contribution is 2.21. The van der Waals surface area contributed by atoms with Crippen LogP contribution in [0, 0.1) is 12.8 Å². The molecule has 1 atom stereocenters. The zero-order valence-corrected chi connectivity index (χ0v) is 14.5. The summed E-state index contributed by atoms with van der Waals surface area (Å²) in [4.78, 5) is 10.3. The number of likely N-dealkylation sites (tertiary alicyclic amines) is 1. The lowest BCUT2D eigenvalue weighted by Crippen LogP contribution is -2.46. The van der Waals surface area contributed by atoms with Crippen LogP contribution >= 0.6 is 0 Å². The summed E-state index contributed by atoms with van der Waals surface area (Å²) in [6.07, 6.45) is 5.75. The summed E-state index contributed by atoms with van der Waals surface area (Å²) in [6, 6.07) is 6.49. The summed E-state index contributed by atoms with van der Waals surface area (Å²) in [5.41, 5.74) is 3.94. The molecule has 2 heterocycles. The van der Waals surface area contributed by atoms with Crippen molar-refractivity contribution < 1.29 is 0 Å². The van der Waals surface area contributed by atoms with Crippen molar-refractivity contribution in [3.63, 3.8) is 0 Å². The van der Waals surface area contributed by atoms with Gasteiger partial charge in [-0.15, -0.1) is 0 Å². The minimum Gasteiger partial charge on any atom is -0.361 e. The predicted octanol–water partition coefficient (Wildman–Crippen LogP) is 3.33. The molecule has 0 radical (unpaired) electrons. The van der Waals surface area contributed by atoms with Gasteiger partial charge in [0.05, 0.1) is 0 Å². The number of aryl methyl sites for hydroxylation is 1. The molecular weight excluding hydrogens is 284 g/mol. The van der Waals surface area contributed by atoms with Crippen molar-refractivity contribution in [2.75, 3.05) is 26.7 Å². The predicted molar refractivity (Wildman–Crippen MR) is 98.1 cm³/mol. The number of hydrogen-bond acceptors (Lipinski definition) is 1. The van der Waals surface area contributed by atoms with Gasteiger partial charge in [0.1, 0.15) is 0 Å². The summed E-state index contributed by atoms with van der Waals surface area (Å²) < 4.78 is 0. The number of piperidine rings is 1. The van der Waals surface area contributed by atoms with Crippen LogP contribution < -0.4 is 5.32 Å². The van der Waals surface area contributed by atoms with Crippen LogP contribution in [0.25, 0.3) is 10.9 Å². The Kier molecular flexibility index (Phi) is 4.89. The summed E-state index contributed by atoms with van der Waals surface area (Å²) >= 11 is 0. The number of rotatable bonds is 3. The lowest BCUT2D eigenvalue weighted by Gasteiger charge is -2.33. The molecule has 4 heteroatoms. The molecule has 1 aromatic heterocycles. The molecule has 2 aromatic rings. The molecule has 0 spiro atoms. The molecule has 1 aliphatic rings. The number of H-pyrrole nitrogens is 1. The van der Waals surface area contributed by atoms with Crippen molar-refractivity contribution in [1.29, 1.82) is 0 Å². The van der Waals surface area contributed by atoms with E-state index in [1.165, 1.54) is 34.9 Å². The fourth-order valence-corrected chi connectivity index (χ4v) is 3.59. The lowest BCUT2D eigenvalue weighted by atomic mass is 10.0. The Bertz CT molecular complexity index is 686. The Morgan fingerprint density at radius 3 is 3.09 bits per heavy atom. The van der Waals surface area contributed by atoms with Crippen molar-refractivity contribution in [1.82, 2.24) is 15.2 Å². The normalized spacial score (nSPS) is 19.3. The molecule has 1 saturated heterocycles. The summed E-state index contributed by atoms with van der Waals surface area (Å²) in [5, 5.41) is 4.88. The first kappa shape index (κ1) is 15.9. The maximum Gasteiger partial charge on any atom is 0.193 e. The van der Waals surface area contributed by atoms with Crippen LogP contribution in [-0.4, -0.2) is 42.5 Å². The molecule has 0 saturated carbocycles. The van der Waals surface area contributed by atoms with Crippen LogP contribution in [0.5, 0.6) is 0 Å². The Balaban J connectivity index is 1.60. The Morgan fingerprint density at radius 2 is 2.30 bits per heavy atom. The second-order valence-electron chi connectivity index (χ2n) is 6.73. The van der Waals surface area contributed by atoms with Crippen molar-refractivity contribution in [3.05, 3.63) is 35.5 Å². The first-order valence-electron chi connectivity index (χ1n) is 8.70. The van der Waals surface area contributed by atoms with Crippen LogP contribution in [0.2, 0.25) is 0 Å². The minimum atomic E-state index is 0.763. The molecule has 0 aliphatic carbocycles. The molecule has 1 aliphatic heterocycles. The van der Waals surface area contributed by atoms with Gasteiger partial charge in [0.2, 0.25) is 0 Å². The molecule has 1 aromatic carbocycles. The highest BCUT2D eigenvalue weighted by Gasteiger charge is 2.18. The monoisotopic (exact) mass is 312 g/mol. The van der Waals surface area contributed by atoms with Gasteiger partial charge >= 0.3 is 0 Å². The number of aromatic nitrogens is 1. The molecule has 0 bridgehead atoms. The number of guanidine groups is 1. The first-order chi connectivity index (χ1) is 11.2. The molecule has 0 amide bonds. The van der Waals surface area contributed by atoms with Gasteiger partial charge in [-0.25, -0.2) is 0 Å². The molecular formula is C19H28N4. The van der Waals surface area contributed by atoms with Gasteiger partial charge in [0.25, 0.3) is 0 Å². The quantitative estimate of drug-likeness (QED) is 0.674. The number of aromatic amines is 1. The van der Waals surface area contributed by atoms with Gasteiger partial charge in [0.15, 0.2) is 5.96 Å². The third-order valence-electron chi connectivity index (χ3n) is 4.86. The van der Waals surface area contributed by atoms with Crippen molar-refractivity contribution >= 4 is 16.9 Å². The number of para-hydroxylation sites is 1. The summed E-state index contributed by atoms with van der Waals surface area (Å²) in [7, 11) is 1.89. The van der Waals surface area contributed by atoms with E-state index in [0.717, 1.165) is 37.9 Å². The van der Waals surface area contributed by atoms with Gasteiger partial charge in [-0.2, -0.15) is 0 Å². The summed E-state index contributed by atoms with van der Waals surface area (Å²) in [6.45, 7) is 7.63. The zero-order chi connectivity index (χ0) is 16.2. The van der Waals surface area contributed by atoms with E-state index in [4.69, 9.17) is 0 Å². The van der Waals surface area contributed by atoms with E-state index in [9.17, 15) is 0 Å². The van der Waals surface area contributed by atoms with Gasteiger partial charge in [-0.05, 0) is 43.2 Å². The SMILES string of the molecule is CN=C(NCCc1c[nH]c2c(C)cccc12)N1CCCC(C)C1. The third kappa shape index (κ3) is 3.52. The van der Waals surface area contributed by atoms with Gasteiger partial charge in [-0.1, -0.05) is 25.1 Å². The van der Waals surface area contributed by atoms with Gasteiger partial charge in [0, 0.05) is 43.8 Å². The largest absolute Gasteiger partial charge is 0.361 e. The standard InChI is InChI=1S/C19H28N4/c1-14-6-5-11-23(13-14)19(20-3)21-10-9-16-12-22-18-15(2)7-4-8-17(16)18/h4,7-8,12,14,22H,5-6,9-11,13H2,1-3H3,(H,20,21). The zero-order valence-electron chi connectivity index (χ0n) is 14.5. The number of aliphatic imine (C=N–C) groups is 1. The average Bonchev–Trinajstić information content (AvgIpc) is 2.96. The Morgan fingerprint density at radius 1 is 1.43 bits per heavy atom. The van der Waals surface area contributed by atoms with E-state index in [1.807, 2.05) is 7.05 Å². The molecule has 1 unspecified atom stereocenters. The highest BCUT2D eigenvalue weighted by atomic mass is 15.3. The second-order valence-corrected chi connectivity index (χ2v) is 6.73. The third-order valence-corrected chi connectivity index (χ3v) is 4.86. The fraction of sp³-hybridized carbons (Fsp3) is 0.526. The van der Waals surface area contributed by atoms with E-state index in [1.54, 1.807) is 0 Å². The van der Waals surface area contributed by atoms with Crippen molar-refractivity contribution in [3.8, 4) is 0 Å². The minimum absolute atomic E-state index is 0.763. The maximum absolute atomic E-state index is 4.47. The van der Waals surface area contributed by atoms with Crippen LogP contribution in [-0.2, 0) is 6.42 Å². The Labute approximate surface area is 139 Å². The van der Waals surface area contributed by atoms with Crippen LogP contribution in [0.1, 0.15) is 30.9 Å². The number of benzene rings is 1.